The second kappa shape index (κ2) is 3.66. The summed E-state index contributed by atoms with van der Waals surface area (Å²) in [7, 11) is 1.61. The molecule has 0 atom stereocenters. The summed E-state index contributed by atoms with van der Waals surface area (Å²) in [6, 6.07) is 0. The molecule has 0 bridgehead atoms. The lowest BCUT2D eigenvalue weighted by Crippen LogP contribution is -2.31. The Morgan fingerprint density at radius 2 is 2.27 bits per heavy atom. The summed E-state index contributed by atoms with van der Waals surface area (Å²) in [5.41, 5.74) is 6.69. The molecule has 1 aliphatic rings. The van der Waals surface area contributed by atoms with Crippen molar-refractivity contribution in [3.8, 4) is 5.88 Å². The summed E-state index contributed by atoms with van der Waals surface area (Å²) in [6.45, 7) is 2.58. The number of hydrogen-bond donors (Lipinski definition) is 2. The molecule has 0 aliphatic heterocycles. The number of nitrogens with zero attached hydrogens (tertiary/aromatic N) is 2. The fraction of sp³-hybridized carbons (Fsp3) is 0.600. The number of ether oxygens (including phenoxy) is 1. The van der Waals surface area contributed by atoms with E-state index in [0.717, 1.165) is 24.2 Å². The van der Waals surface area contributed by atoms with Crippen LogP contribution < -0.4 is 15.8 Å². The van der Waals surface area contributed by atoms with Crippen LogP contribution in [0.5, 0.6) is 5.88 Å². The lowest BCUT2D eigenvalue weighted by molar-refractivity contribution is 0.393. The second-order valence-corrected chi connectivity index (χ2v) is 3.97. The minimum atomic E-state index is 0.0596. The molecule has 0 aromatic carbocycles. The van der Waals surface area contributed by atoms with Gasteiger partial charge >= 0.3 is 0 Å². The van der Waals surface area contributed by atoms with Crippen LogP contribution in [0, 0.1) is 6.92 Å². The summed E-state index contributed by atoms with van der Waals surface area (Å²) in [5, 5.41) is 3.37. The molecule has 1 heterocycles. The molecule has 15 heavy (non-hydrogen) atoms. The molecule has 1 aliphatic carbocycles. The Morgan fingerprint density at radius 1 is 1.53 bits per heavy atom. The number of anilines is 1. The van der Waals surface area contributed by atoms with E-state index in [0.29, 0.717) is 12.4 Å². The smallest absolute Gasteiger partial charge is 0.221 e. The van der Waals surface area contributed by atoms with Crippen molar-refractivity contribution in [3.63, 3.8) is 0 Å². The highest BCUT2D eigenvalue weighted by Gasteiger charge is 2.41. The average Bonchev–Trinajstić information content (AvgIpc) is 3.02. The van der Waals surface area contributed by atoms with Gasteiger partial charge in [-0.3, -0.25) is 0 Å². The van der Waals surface area contributed by atoms with Gasteiger partial charge in [-0.25, -0.2) is 9.97 Å². The van der Waals surface area contributed by atoms with Crippen LogP contribution in [0.3, 0.4) is 0 Å². The van der Waals surface area contributed by atoms with Crippen LogP contribution in [0.15, 0.2) is 6.33 Å². The first-order chi connectivity index (χ1) is 7.21. The molecule has 1 aromatic rings. The first kappa shape index (κ1) is 10.2. The van der Waals surface area contributed by atoms with Crippen LogP contribution in [0.1, 0.15) is 18.4 Å². The van der Waals surface area contributed by atoms with Crippen LogP contribution in [0.2, 0.25) is 0 Å². The summed E-state index contributed by atoms with van der Waals surface area (Å²) in [5.74, 6) is 1.44. The van der Waals surface area contributed by atoms with Crippen LogP contribution >= 0.6 is 0 Å². The minimum Gasteiger partial charge on any atom is -0.481 e. The van der Waals surface area contributed by atoms with Crippen LogP contribution in [0.4, 0.5) is 5.82 Å². The van der Waals surface area contributed by atoms with Crippen molar-refractivity contribution >= 4 is 5.82 Å². The number of nitrogens with one attached hydrogen (secondary N) is 1. The van der Waals surface area contributed by atoms with Gasteiger partial charge in [0.05, 0.1) is 18.2 Å². The third-order valence-electron chi connectivity index (χ3n) is 2.86. The highest BCUT2D eigenvalue weighted by Crippen LogP contribution is 2.38. The Morgan fingerprint density at radius 3 is 2.80 bits per heavy atom. The molecule has 3 N–H and O–H groups in total. The number of aromatic nitrogens is 2. The number of nitrogens with two attached hydrogens (primary N) is 1. The standard InChI is InChI=1S/C10H16N4O/c1-7-8(12-6-13-9(7)15-2)14-10(5-11)3-4-10/h6H,3-5,11H2,1-2H3,(H,12,13,14). The Labute approximate surface area is 89.1 Å². The van der Waals surface area contributed by atoms with Gasteiger partial charge in [0.25, 0.3) is 0 Å². The molecule has 5 heteroatoms. The predicted octanol–water partition coefficient (Wildman–Crippen LogP) is 0.697. The van der Waals surface area contributed by atoms with Gasteiger partial charge in [-0.15, -0.1) is 0 Å². The quantitative estimate of drug-likeness (QED) is 0.762. The van der Waals surface area contributed by atoms with E-state index in [-0.39, 0.29) is 5.54 Å². The van der Waals surface area contributed by atoms with Gasteiger partial charge in [0.15, 0.2) is 0 Å². The maximum atomic E-state index is 5.70. The van der Waals surface area contributed by atoms with Crippen molar-refractivity contribution in [3.05, 3.63) is 11.9 Å². The Bertz CT molecular complexity index is 362. The van der Waals surface area contributed by atoms with Gasteiger partial charge in [-0.1, -0.05) is 0 Å². The molecule has 5 nitrogen and oxygen atoms in total. The van der Waals surface area contributed by atoms with E-state index in [4.69, 9.17) is 10.5 Å². The van der Waals surface area contributed by atoms with Gasteiger partial charge < -0.3 is 15.8 Å². The van der Waals surface area contributed by atoms with E-state index in [9.17, 15) is 0 Å². The molecule has 0 radical (unpaired) electrons. The first-order valence-corrected chi connectivity index (χ1v) is 5.04. The van der Waals surface area contributed by atoms with Crippen molar-refractivity contribution in [1.82, 2.24) is 9.97 Å². The molecule has 82 valence electrons. The maximum absolute atomic E-state index is 5.70. The van der Waals surface area contributed by atoms with Gasteiger partial charge in [-0.2, -0.15) is 0 Å². The third kappa shape index (κ3) is 1.87. The van der Waals surface area contributed by atoms with Crippen LogP contribution in [-0.2, 0) is 0 Å². The molecule has 0 unspecified atom stereocenters. The maximum Gasteiger partial charge on any atom is 0.221 e. The minimum absolute atomic E-state index is 0.0596. The third-order valence-corrected chi connectivity index (χ3v) is 2.86. The van der Waals surface area contributed by atoms with E-state index in [1.165, 1.54) is 6.33 Å². The van der Waals surface area contributed by atoms with Gasteiger partial charge in [0.1, 0.15) is 12.1 Å². The van der Waals surface area contributed by atoms with E-state index < -0.39 is 0 Å². The monoisotopic (exact) mass is 208 g/mol. The molecule has 0 spiro atoms. The average molecular weight is 208 g/mol. The largest absolute Gasteiger partial charge is 0.481 e. The highest BCUT2D eigenvalue weighted by molar-refractivity contribution is 5.50. The summed E-state index contributed by atoms with van der Waals surface area (Å²) in [4.78, 5) is 8.23. The Balaban J connectivity index is 2.21. The van der Waals surface area contributed by atoms with Crippen LogP contribution in [-0.4, -0.2) is 29.2 Å². The fourth-order valence-corrected chi connectivity index (χ4v) is 1.55. The molecule has 1 saturated carbocycles. The molecule has 1 fully saturated rings. The van der Waals surface area contributed by atoms with E-state index in [1.54, 1.807) is 7.11 Å². The zero-order valence-corrected chi connectivity index (χ0v) is 9.08. The van der Waals surface area contributed by atoms with E-state index in [1.807, 2.05) is 6.92 Å². The SMILES string of the molecule is COc1ncnc(NC2(CN)CC2)c1C. The normalized spacial score (nSPS) is 17.3. The van der Waals surface area contributed by atoms with Crippen molar-refractivity contribution < 1.29 is 4.74 Å². The fourth-order valence-electron chi connectivity index (χ4n) is 1.55. The molecule has 1 aromatic heterocycles. The van der Waals surface area contributed by atoms with Gasteiger partial charge in [0, 0.05) is 6.54 Å². The topological polar surface area (TPSA) is 73.1 Å². The summed E-state index contributed by atoms with van der Waals surface area (Å²) < 4.78 is 5.13. The number of rotatable bonds is 4. The first-order valence-electron chi connectivity index (χ1n) is 5.04. The van der Waals surface area contributed by atoms with Crippen molar-refractivity contribution in [1.29, 1.82) is 0 Å². The molecule has 0 amide bonds. The second-order valence-electron chi connectivity index (χ2n) is 3.97. The lowest BCUT2D eigenvalue weighted by atomic mass is 10.2. The molecular formula is C10H16N4O. The molecular weight excluding hydrogens is 192 g/mol. The summed E-state index contributed by atoms with van der Waals surface area (Å²) in [6.07, 6.45) is 3.71. The Hall–Kier alpha value is -1.36. The predicted molar refractivity (Wildman–Crippen MR) is 58.0 cm³/mol. The number of methoxy groups -OCH3 is 1. The van der Waals surface area contributed by atoms with Gasteiger partial charge in [0.2, 0.25) is 5.88 Å². The summed E-state index contributed by atoms with van der Waals surface area (Å²) >= 11 is 0. The molecule has 0 saturated heterocycles. The van der Waals surface area contributed by atoms with E-state index in [2.05, 4.69) is 15.3 Å². The zero-order valence-electron chi connectivity index (χ0n) is 9.08. The Kier molecular flexibility index (Phi) is 2.48. The zero-order chi connectivity index (χ0) is 10.9. The van der Waals surface area contributed by atoms with Crippen molar-refractivity contribution in [2.45, 2.75) is 25.3 Å². The lowest BCUT2D eigenvalue weighted by Gasteiger charge is -2.17. The van der Waals surface area contributed by atoms with Crippen LogP contribution in [0.25, 0.3) is 0 Å². The highest BCUT2D eigenvalue weighted by atomic mass is 16.5. The van der Waals surface area contributed by atoms with E-state index >= 15 is 0 Å². The van der Waals surface area contributed by atoms with Crippen molar-refractivity contribution in [2.75, 3.05) is 19.0 Å². The molecule has 2 rings (SSSR count). The van der Waals surface area contributed by atoms with Gasteiger partial charge in [-0.05, 0) is 19.8 Å². The number of hydrogen-bond acceptors (Lipinski definition) is 5. The van der Waals surface area contributed by atoms with Crippen molar-refractivity contribution in [2.24, 2.45) is 5.73 Å².